The van der Waals surface area contributed by atoms with Gasteiger partial charge in [0.05, 0.1) is 16.6 Å². The van der Waals surface area contributed by atoms with E-state index in [0.717, 1.165) is 42.0 Å². The first-order chi connectivity index (χ1) is 10.0. The number of aryl methyl sites for hydroxylation is 1. The number of thioether (sulfide) groups is 1. The number of hydrogen-bond acceptors (Lipinski definition) is 3. The van der Waals surface area contributed by atoms with Gasteiger partial charge in [-0.3, -0.25) is 0 Å². The molecule has 0 atom stereocenters. The van der Waals surface area contributed by atoms with Crippen LogP contribution in [0.15, 0.2) is 18.2 Å². The zero-order valence-electron chi connectivity index (χ0n) is 12.8. The van der Waals surface area contributed by atoms with E-state index in [-0.39, 0.29) is 0 Å². The summed E-state index contributed by atoms with van der Waals surface area (Å²) in [6.45, 7) is 5.14. The van der Waals surface area contributed by atoms with Crippen LogP contribution < -0.4 is 0 Å². The van der Waals surface area contributed by atoms with Crippen LogP contribution in [0.2, 0.25) is 0 Å². The van der Waals surface area contributed by atoms with Crippen LogP contribution in [0.5, 0.6) is 0 Å². The van der Waals surface area contributed by atoms with E-state index >= 15 is 0 Å². The number of unbranched alkanes of at least 4 members (excludes halogenated alkanes) is 1. The second kappa shape index (κ2) is 6.98. The van der Waals surface area contributed by atoms with Crippen molar-refractivity contribution in [2.75, 3.05) is 12.0 Å². The van der Waals surface area contributed by atoms with Crippen LogP contribution >= 0.6 is 11.8 Å². The molecule has 5 heteroatoms. The molecule has 0 aliphatic carbocycles. The smallest absolute Gasteiger partial charge is 0.335 e. The summed E-state index contributed by atoms with van der Waals surface area (Å²) in [6.07, 6.45) is 4.37. The number of benzene rings is 1. The number of carbonyl (C=O) groups is 1. The molecule has 2 aromatic rings. The highest BCUT2D eigenvalue weighted by molar-refractivity contribution is 7.98. The molecule has 0 unspecified atom stereocenters. The first kappa shape index (κ1) is 15.9. The van der Waals surface area contributed by atoms with E-state index in [4.69, 9.17) is 5.11 Å². The molecule has 1 aromatic carbocycles. The van der Waals surface area contributed by atoms with Crippen molar-refractivity contribution in [2.45, 2.75) is 39.2 Å². The highest BCUT2D eigenvalue weighted by Gasteiger charge is 2.15. The van der Waals surface area contributed by atoms with Gasteiger partial charge in [-0.05, 0) is 43.0 Å². The molecule has 0 saturated heterocycles. The van der Waals surface area contributed by atoms with Crippen LogP contribution in [0, 0.1) is 0 Å². The maximum atomic E-state index is 11.2. The molecule has 4 nitrogen and oxygen atoms in total. The number of aromatic nitrogens is 2. The van der Waals surface area contributed by atoms with Gasteiger partial charge in [-0.2, -0.15) is 11.8 Å². The summed E-state index contributed by atoms with van der Waals surface area (Å²) in [5.74, 6) is 1.63. The summed E-state index contributed by atoms with van der Waals surface area (Å²) in [4.78, 5) is 15.8. The van der Waals surface area contributed by atoms with Crippen molar-refractivity contribution in [3.8, 4) is 0 Å². The molecule has 1 aromatic heterocycles. The van der Waals surface area contributed by atoms with Crippen LogP contribution in [0.3, 0.4) is 0 Å². The molecule has 1 N–H and O–H groups in total. The lowest BCUT2D eigenvalue weighted by atomic mass is 10.2. The van der Waals surface area contributed by atoms with Crippen LogP contribution in [-0.4, -0.2) is 32.6 Å². The van der Waals surface area contributed by atoms with E-state index in [9.17, 15) is 4.79 Å². The lowest BCUT2D eigenvalue weighted by molar-refractivity contribution is 0.0697. The van der Waals surface area contributed by atoms with E-state index in [2.05, 4.69) is 29.7 Å². The maximum Gasteiger partial charge on any atom is 0.335 e. The first-order valence-corrected chi connectivity index (χ1v) is 8.66. The number of carboxylic acids is 1. The van der Waals surface area contributed by atoms with Gasteiger partial charge in [-0.1, -0.05) is 13.8 Å². The Balaban J connectivity index is 2.39. The standard InChI is InChI=1S/C16H22N2O2S/c1-11(2)15-17-13-7-6-12(16(19)20)10-14(13)18(15)8-4-5-9-21-3/h6-7,10-11H,4-5,8-9H2,1-3H3,(H,19,20). The normalized spacial score (nSPS) is 11.4. The van der Waals surface area contributed by atoms with E-state index in [1.165, 1.54) is 0 Å². The first-order valence-electron chi connectivity index (χ1n) is 7.27. The highest BCUT2D eigenvalue weighted by Crippen LogP contribution is 2.24. The third kappa shape index (κ3) is 3.59. The fourth-order valence-electron chi connectivity index (χ4n) is 2.47. The van der Waals surface area contributed by atoms with Gasteiger partial charge in [0.1, 0.15) is 5.82 Å². The number of carboxylic acid groups (broad SMARTS) is 1. The summed E-state index contributed by atoms with van der Waals surface area (Å²) in [5, 5.41) is 9.16. The summed E-state index contributed by atoms with van der Waals surface area (Å²) < 4.78 is 2.19. The Kier molecular flexibility index (Phi) is 5.28. The zero-order chi connectivity index (χ0) is 15.4. The predicted molar refractivity (Wildman–Crippen MR) is 88.4 cm³/mol. The van der Waals surface area contributed by atoms with Crippen molar-refractivity contribution >= 4 is 28.8 Å². The Morgan fingerprint density at radius 1 is 1.38 bits per heavy atom. The summed E-state index contributed by atoms with van der Waals surface area (Å²) in [5.41, 5.74) is 2.14. The van der Waals surface area contributed by atoms with E-state index in [0.29, 0.717) is 11.5 Å². The maximum absolute atomic E-state index is 11.2. The molecule has 0 radical (unpaired) electrons. The minimum absolute atomic E-state index is 0.322. The number of nitrogens with zero attached hydrogens (tertiary/aromatic N) is 2. The second-order valence-corrected chi connectivity index (χ2v) is 6.47. The Bertz CT molecular complexity index is 634. The highest BCUT2D eigenvalue weighted by atomic mass is 32.2. The van der Waals surface area contributed by atoms with Crippen molar-refractivity contribution in [1.82, 2.24) is 9.55 Å². The van der Waals surface area contributed by atoms with Gasteiger partial charge in [0, 0.05) is 12.5 Å². The van der Waals surface area contributed by atoms with Crippen molar-refractivity contribution in [3.63, 3.8) is 0 Å². The van der Waals surface area contributed by atoms with Gasteiger partial charge < -0.3 is 9.67 Å². The van der Waals surface area contributed by atoms with Gasteiger partial charge in [-0.15, -0.1) is 0 Å². The van der Waals surface area contributed by atoms with Crippen LogP contribution in [-0.2, 0) is 6.54 Å². The molecule has 1 heterocycles. The third-order valence-corrected chi connectivity index (χ3v) is 4.22. The zero-order valence-corrected chi connectivity index (χ0v) is 13.6. The van der Waals surface area contributed by atoms with Gasteiger partial charge in [-0.25, -0.2) is 9.78 Å². The molecule has 114 valence electrons. The Morgan fingerprint density at radius 3 is 2.76 bits per heavy atom. The molecule has 0 saturated carbocycles. The lowest BCUT2D eigenvalue weighted by Gasteiger charge is -2.11. The summed E-state index contributed by atoms with van der Waals surface area (Å²) in [6, 6.07) is 5.17. The molecular formula is C16H22N2O2S. The lowest BCUT2D eigenvalue weighted by Crippen LogP contribution is -2.06. The van der Waals surface area contributed by atoms with Crippen molar-refractivity contribution < 1.29 is 9.90 Å². The van der Waals surface area contributed by atoms with Gasteiger partial charge in [0.25, 0.3) is 0 Å². The molecule has 21 heavy (non-hydrogen) atoms. The topological polar surface area (TPSA) is 55.1 Å². The predicted octanol–water partition coefficient (Wildman–Crippen LogP) is 4.00. The quantitative estimate of drug-likeness (QED) is 0.786. The average molecular weight is 306 g/mol. The van der Waals surface area contributed by atoms with Crippen molar-refractivity contribution in [1.29, 1.82) is 0 Å². The van der Waals surface area contributed by atoms with Crippen LogP contribution in [0.4, 0.5) is 0 Å². The Morgan fingerprint density at radius 2 is 2.14 bits per heavy atom. The fraction of sp³-hybridized carbons (Fsp3) is 0.500. The van der Waals surface area contributed by atoms with Crippen molar-refractivity contribution in [2.24, 2.45) is 0 Å². The minimum Gasteiger partial charge on any atom is -0.478 e. The molecule has 0 fully saturated rings. The SMILES string of the molecule is CSCCCCn1c(C(C)C)nc2ccc(C(=O)O)cc21. The third-order valence-electron chi connectivity index (χ3n) is 3.52. The van der Waals surface area contributed by atoms with Gasteiger partial charge in [0.15, 0.2) is 0 Å². The Hall–Kier alpha value is -1.49. The van der Waals surface area contributed by atoms with Gasteiger partial charge in [0.2, 0.25) is 0 Å². The number of aromatic carboxylic acids is 1. The monoisotopic (exact) mass is 306 g/mol. The average Bonchev–Trinajstić information content (AvgIpc) is 2.81. The molecule has 0 spiro atoms. The minimum atomic E-state index is -0.891. The number of imidazole rings is 1. The molecule has 0 aliphatic rings. The van der Waals surface area contributed by atoms with E-state index in [1.807, 2.05) is 17.8 Å². The molecular weight excluding hydrogens is 284 g/mol. The number of rotatable bonds is 7. The second-order valence-electron chi connectivity index (χ2n) is 5.48. The van der Waals surface area contributed by atoms with Crippen LogP contribution in [0.25, 0.3) is 11.0 Å². The fourth-order valence-corrected chi connectivity index (χ4v) is 2.96. The van der Waals surface area contributed by atoms with E-state index < -0.39 is 5.97 Å². The number of fused-ring (bicyclic) bond motifs is 1. The van der Waals surface area contributed by atoms with Crippen LogP contribution in [0.1, 0.15) is 48.8 Å². The summed E-state index contributed by atoms with van der Waals surface area (Å²) >= 11 is 1.86. The molecule has 2 rings (SSSR count). The molecule has 0 bridgehead atoms. The van der Waals surface area contributed by atoms with Gasteiger partial charge >= 0.3 is 5.97 Å². The summed E-state index contributed by atoms with van der Waals surface area (Å²) in [7, 11) is 0. The Labute approximate surface area is 129 Å². The van der Waals surface area contributed by atoms with E-state index in [1.54, 1.807) is 12.1 Å². The van der Waals surface area contributed by atoms with Crippen molar-refractivity contribution in [3.05, 3.63) is 29.6 Å². The largest absolute Gasteiger partial charge is 0.478 e. The molecule has 0 aliphatic heterocycles. The molecule has 0 amide bonds. The number of hydrogen-bond donors (Lipinski definition) is 1.